The molecule has 3 heterocycles. The fraction of sp³-hybridized carbons (Fsp3) is 0.238. The number of amides is 1. The molecular formula is C21H21N5O2S. The molecule has 0 aliphatic carbocycles. The summed E-state index contributed by atoms with van der Waals surface area (Å²) < 4.78 is 7.34. The van der Waals surface area contributed by atoms with E-state index in [1.165, 1.54) is 17.7 Å². The van der Waals surface area contributed by atoms with E-state index in [0.29, 0.717) is 16.3 Å². The van der Waals surface area contributed by atoms with Gasteiger partial charge in [0.1, 0.15) is 23.3 Å². The summed E-state index contributed by atoms with van der Waals surface area (Å²) in [5.41, 5.74) is 2.67. The predicted octanol–water partition coefficient (Wildman–Crippen LogP) is 4.43. The minimum Gasteiger partial charge on any atom is -0.459 e. The fourth-order valence-corrected chi connectivity index (χ4v) is 4.07. The Morgan fingerprint density at radius 1 is 1.17 bits per heavy atom. The zero-order valence-corrected chi connectivity index (χ0v) is 17.5. The first kappa shape index (κ1) is 19.1. The van der Waals surface area contributed by atoms with Crippen LogP contribution in [0.1, 0.15) is 39.7 Å². The van der Waals surface area contributed by atoms with E-state index in [2.05, 4.69) is 15.1 Å². The number of carbonyl (C=O) groups is 1. The molecule has 4 aromatic rings. The summed E-state index contributed by atoms with van der Waals surface area (Å²) in [5, 5.41) is 4.85. The number of hydrogen-bond acceptors (Lipinski definition) is 6. The average molecular weight is 407 g/mol. The van der Waals surface area contributed by atoms with Gasteiger partial charge in [-0.05, 0) is 50.6 Å². The molecule has 0 fully saturated rings. The maximum absolute atomic E-state index is 13.1. The van der Waals surface area contributed by atoms with Crippen LogP contribution in [0.3, 0.4) is 0 Å². The fourth-order valence-electron chi connectivity index (χ4n) is 3.06. The summed E-state index contributed by atoms with van der Waals surface area (Å²) in [7, 11) is 1.81. The Labute approximate surface area is 172 Å². The summed E-state index contributed by atoms with van der Waals surface area (Å²) >= 11 is 1.36. The Hall–Kier alpha value is -3.26. The van der Waals surface area contributed by atoms with Gasteiger partial charge < -0.3 is 9.32 Å². The van der Waals surface area contributed by atoms with Crippen molar-refractivity contribution in [1.82, 2.24) is 24.6 Å². The van der Waals surface area contributed by atoms with E-state index in [-0.39, 0.29) is 11.9 Å². The monoisotopic (exact) mass is 407 g/mol. The van der Waals surface area contributed by atoms with Crippen LogP contribution in [0, 0.1) is 13.8 Å². The molecule has 0 N–H and O–H groups in total. The Kier molecular flexibility index (Phi) is 5.02. The van der Waals surface area contributed by atoms with E-state index in [4.69, 9.17) is 4.42 Å². The van der Waals surface area contributed by atoms with Crippen molar-refractivity contribution >= 4 is 17.2 Å². The zero-order chi connectivity index (χ0) is 20.5. The summed E-state index contributed by atoms with van der Waals surface area (Å²) in [4.78, 5) is 24.0. The summed E-state index contributed by atoms with van der Waals surface area (Å²) in [5.74, 6) is 1.46. The minimum absolute atomic E-state index is 0.0534. The number of furan rings is 1. The Morgan fingerprint density at radius 3 is 2.55 bits per heavy atom. The van der Waals surface area contributed by atoms with Crippen LogP contribution in [-0.4, -0.2) is 37.6 Å². The molecule has 1 unspecified atom stereocenters. The van der Waals surface area contributed by atoms with Gasteiger partial charge in [0.2, 0.25) is 0 Å². The van der Waals surface area contributed by atoms with Crippen LogP contribution in [0.15, 0.2) is 53.5 Å². The van der Waals surface area contributed by atoms with Gasteiger partial charge in [-0.2, -0.15) is 5.10 Å². The highest BCUT2D eigenvalue weighted by molar-refractivity contribution is 7.17. The average Bonchev–Trinajstić information content (AvgIpc) is 3.47. The van der Waals surface area contributed by atoms with Gasteiger partial charge in [-0.3, -0.25) is 4.79 Å². The third-order valence-electron chi connectivity index (χ3n) is 4.90. The quantitative estimate of drug-likeness (QED) is 0.489. The molecule has 0 saturated carbocycles. The molecule has 0 radical (unpaired) electrons. The van der Waals surface area contributed by atoms with Crippen molar-refractivity contribution in [2.24, 2.45) is 0 Å². The first-order valence-electron chi connectivity index (χ1n) is 9.20. The molecule has 0 aliphatic rings. The number of rotatable bonds is 5. The zero-order valence-electron chi connectivity index (χ0n) is 16.7. The topological polar surface area (TPSA) is 77.1 Å². The lowest BCUT2D eigenvalue weighted by molar-refractivity contribution is 0.0746. The van der Waals surface area contributed by atoms with E-state index in [9.17, 15) is 4.79 Å². The van der Waals surface area contributed by atoms with Crippen LogP contribution in [-0.2, 0) is 0 Å². The first-order chi connectivity index (χ1) is 13.9. The van der Waals surface area contributed by atoms with Crippen molar-refractivity contribution in [2.45, 2.75) is 26.8 Å². The molecule has 0 aliphatic heterocycles. The predicted molar refractivity (Wildman–Crippen MR) is 111 cm³/mol. The second kappa shape index (κ2) is 7.63. The number of aromatic nitrogens is 4. The largest absolute Gasteiger partial charge is 0.459 e. The molecule has 8 heteroatoms. The molecule has 1 aromatic carbocycles. The molecular weight excluding hydrogens is 386 g/mol. The van der Waals surface area contributed by atoms with Crippen molar-refractivity contribution in [1.29, 1.82) is 0 Å². The lowest BCUT2D eigenvalue weighted by Crippen LogP contribution is -2.29. The smallest absolute Gasteiger partial charge is 0.266 e. The third kappa shape index (κ3) is 3.71. The van der Waals surface area contributed by atoms with Crippen molar-refractivity contribution in [3.63, 3.8) is 0 Å². The van der Waals surface area contributed by atoms with Crippen molar-refractivity contribution in [3.05, 3.63) is 70.9 Å². The summed E-state index contributed by atoms with van der Waals surface area (Å²) in [6.45, 7) is 5.75. The van der Waals surface area contributed by atoms with Gasteiger partial charge in [0.25, 0.3) is 5.91 Å². The molecule has 29 heavy (non-hydrogen) atoms. The first-order valence-corrected chi connectivity index (χ1v) is 10.0. The van der Waals surface area contributed by atoms with Crippen LogP contribution in [0.4, 0.5) is 0 Å². The van der Waals surface area contributed by atoms with Crippen LogP contribution in [0.2, 0.25) is 0 Å². The second-order valence-electron chi connectivity index (χ2n) is 6.87. The molecule has 0 bridgehead atoms. The molecule has 3 aromatic heterocycles. The van der Waals surface area contributed by atoms with E-state index >= 15 is 0 Å². The van der Waals surface area contributed by atoms with Gasteiger partial charge >= 0.3 is 0 Å². The second-order valence-corrected chi connectivity index (χ2v) is 7.87. The summed E-state index contributed by atoms with van der Waals surface area (Å²) in [6.07, 6.45) is 3.15. The van der Waals surface area contributed by atoms with Crippen LogP contribution >= 0.6 is 11.3 Å². The Balaban J connectivity index is 1.53. The molecule has 7 nitrogen and oxygen atoms in total. The number of carbonyl (C=O) groups excluding carboxylic acids is 1. The minimum atomic E-state index is -0.0943. The van der Waals surface area contributed by atoms with Gasteiger partial charge in [0.15, 0.2) is 10.8 Å². The van der Waals surface area contributed by atoms with Crippen molar-refractivity contribution in [3.8, 4) is 16.5 Å². The highest BCUT2D eigenvalue weighted by Crippen LogP contribution is 2.31. The van der Waals surface area contributed by atoms with Gasteiger partial charge in [0.05, 0.1) is 17.4 Å². The molecule has 1 amide bonds. The molecule has 148 valence electrons. The number of thiazole rings is 1. The van der Waals surface area contributed by atoms with E-state index < -0.39 is 0 Å². The summed E-state index contributed by atoms with van der Waals surface area (Å²) in [6, 6.07) is 11.6. The maximum atomic E-state index is 13.1. The maximum Gasteiger partial charge on any atom is 0.266 e. The standard InChI is InChI=1S/C21H21N5O2S/c1-13-5-10-18(28-13)20-24-14(2)19(29-20)21(27)25(4)15(3)16-6-8-17(9-7-16)26-12-22-11-23-26/h5-12,15H,1-4H3. The highest BCUT2D eigenvalue weighted by atomic mass is 32.1. The number of hydrogen-bond donors (Lipinski definition) is 0. The van der Waals surface area contributed by atoms with Gasteiger partial charge in [-0.25, -0.2) is 14.6 Å². The van der Waals surface area contributed by atoms with Crippen LogP contribution in [0.25, 0.3) is 16.5 Å². The lowest BCUT2D eigenvalue weighted by Gasteiger charge is -2.25. The van der Waals surface area contributed by atoms with Crippen LogP contribution in [0.5, 0.6) is 0 Å². The molecule has 4 rings (SSSR count). The van der Waals surface area contributed by atoms with Gasteiger partial charge in [-0.15, -0.1) is 11.3 Å². The van der Waals surface area contributed by atoms with Crippen LogP contribution < -0.4 is 0 Å². The Morgan fingerprint density at radius 2 is 1.93 bits per heavy atom. The van der Waals surface area contributed by atoms with E-state index in [1.807, 2.05) is 64.2 Å². The number of nitrogens with zero attached hydrogens (tertiary/aromatic N) is 5. The van der Waals surface area contributed by atoms with Crippen molar-refractivity contribution in [2.75, 3.05) is 7.05 Å². The highest BCUT2D eigenvalue weighted by Gasteiger charge is 2.24. The molecule has 1 atom stereocenters. The third-order valence-corrected chi connectivity index (χ3v) is 6.06. The SMILES string of the molecule is Cc1ccc(-c2nc(C)c(C(=O)N(C)C(C)c3ccc(-n4cncn4)cc3)s2)o1. The van der Waals surface area contributed by atoms with E-state index in [1.54, 1.807) is 15.9 Å². The number of benzene rings is 1. The van der Waals surface area contributed by atoms with E-state index in [0.717, 1.165) is 22.0 Å². The van der Waals surface area contributed by atoms with Crippen molar-refractivity contribution < 1.29 is 9.21 Å². The Bertz CT molecular complexity index is 1130. The van der Waals surface area contributed by atoms with Gasteiger partial charge in [-0.1, -0.05) is 12.1 Å². The molecule has 0 saturated heterocycles. The number of aryl methyl sites for hydroxylation is 2. The normalized spacial score (nSPS) is 12.1. The van der Waals surface area contributed by atoms with Gasteiger partial charge in [0, 0.05) is 7.05 Å². The molecule has 0 spiro atoms. The lowest BCUT2D eigenvalue weighted by atomic mass is 10.1.